The number of carbonyl (C=O) groups excluding carboxylic acids is 1. The maximum Gasteiger partial charge on any atom is 0.257 e. The average Bonchev–Trinajstić information content (AvgIpc) is 3.51. The third-order valence-electron chi connectivity index (χ3n) is 6.08. The van der Waals surface area contributed by atoms with Gasteiger partial charge >= 0.3 is 0 Å². The molecule has 32 heavy (non-hydrogen) atoms. The van der Waals surface area contributed by atoms with Gasteiger partial charge in [-0.25, -0.2) is 15.0 Å². The molecule has 0 bridgehead atoms. The van der Waals surface area contributed by atoms with E-state index in [4.69, 9.17) is 14.2 Å². The van der Waals surface area contributed by atoms with E-state index in [2.05, 4.69) is 30.9 Å². The minimum Gasteiger partial charge on any atom is -0.481 e. The zero-order valence-electron chi connectivity index (χ0n) is 18.2. The smallest absolute Gasteiger partial charge is 0.257 e. The van der Waals surface area contributed by atoms with Crippen molar-refractivity contribution in [2.45, 2.75) is 38.5 Å². The number of hydrogen-bond acceptors (Lipinski definition) is 9. The zero-order valence-corrected chi connectivity index (χ0v) is 18.2. The normalized spacial score (nSPS) is 22.2. The Morgan fingerprint density at radius 3 is 2.91 bits per heavy atom. The van der Waals surface area contributed by atoms with Crippen LogP contribution in [0.4, 0.5) is 5.69 Å². The first kappa shape index (κ1) is 20.6. The van der Waals surface area contributed by atoms with E-state index >= 15 is 0 Å². The first-order valence-corrected chi connectivity index (χ1v) is 10.8. The standard InChI is InChI=1S/C22H26N6O4/c1-14-7-15(8-24-20(14)30-2)27-6-4-18-17(11-27)21(26-12-25-18)32-16-3-5-28(10-16)22(29)19-9-23-13-31-19/h7-9,12,16,19H,3-6,10-11,13H2,1-2H3. The molecule has 0 radical (unpaired) electrons. The number of likely N-dealkylation sites (tertiary alicyclic amines) is 1. The number of rotatable bonds is 5. The number of carbonyl (C=O) groups is 1. The van der Waals surface area contributed by atoms with E-state index in [-0.39, 0.29) is 18.7 Å². The number of anilines is 1. The summed E-state index contributed by atoms with van der Waals surface area (Å²) in [6.07, 6.45) is 5.82. The van der Waals surface area contributed by atoms with Crippen molar-refractivity contribution >= 4 is 17.8 Å². The number of methoxy groups -OCH3 is 1. The first-order chi connectivity index (χ1) is 15.6. The van der Waals surface area contributed by atoms with Crippen molar-refractivity contribution in [2.75, 3.05) is 38.4 Å². The molecule has 0 saturated carbocycles. The molecule has 1 amide bonds. The molecule has 3 aliphatic rings. The van der Waals surface area contributed by atoms with Crippen LogP contribution in [-0.2, 0) is 22.5 Å². The largest absolute Gasteiger partial charge is 0.481 e. The van der Waals surface area contributed by atoms with Crippen LogP contribution in [-0.4, -0.2) is 77.7 Å². The lowest BCUT2D eigenvalue weighted by molar-refractivity contribution is -0.137. The third-order valence-corrected chi connectivity index (χ3v) is 6.08. The van der Waals surface area contributed by atoms with Gasteiger partial charge in [0.15, 0.2) is 6.10 Å². The highest BCUT2D eigenvalue weighted by atomic mass is 16.5. The number of fused-ring (bicyclic) bond motifs is 1. The summed E-state index contributed by atoms with van der Waals surface area (Å²) in [7, 11) is 1.62. The van der Waals surface area contributed by atoms with Crippen LogP contribution in [0.25, 0.3) is 0 Å². The van der Waals surface area contributed by atoms with Crippen LogP contribution in [0.15, 0.2) is 23.6 Å². The van der Waals surface area contributed by atoms with Gasteiger partial charge in [0.1, 0.15) is 19.2 Å². The van der Waals surface area contributed by atoms with Crippen molar-refractivity contribution in [1.82, 2.24) is 19.9 Å². The lowest BCUT2D eigenvalue weighted by atomic mass is 10.1. The Labute approximate surface area is 186 Å². The van der Waals surface area contributed by atoms with Crippen LogP contribution in [0.1, 0.15) is 23.2 Å². The number of aliphatic imine (C=N–C) groups is 1. The molecular weight excluding hydrogens is 412 g/mol. The highest BCUT2D eigenvalue weighted by Crippen LogP contribution is 2.31. The van der Waals surface area contributed by atoms with Crippen molar-refractivity contribution in [2.24, 2.45) is 4.99 Å². The van der Waals surface area contributed by atoms with Crippen molar-refractivity contribution in [1.29, 1.82) is 0 Å². The Kier molecular flexibility index (Phi) is 5.60. The second-order valence-corrected chi connectivity index (χ2v) is 8.16. The molecule has 0 spiro atoms. The monoisotopic (exact) mass is 438 g/mol. The van der Waals surface area contributed by atoms with E-state index in [1.165, 1.54) is 0 Å². The highest BCUT2D eigenvalue weighted by Gasteiger charge is 2.34. The molecule has 1 fully saturated rings. The summed E-state index contributed by atoms with van der Waals surface area (Å²) in [5.74, 6) is 1.17. The molecule has 0 aromatic carbocycles. The predicted octanol–water partition coefficient (Wildman–Crippen LogP) is 1.16. The fourth-order valence-electron chi connectivity index (χ4n) is 4.37. The summed E-state index contributed by atoms with van der Waals surface area (Å²) in [5.41, 5.74) is 4.01. The maximum atomic E-state index is 12.6. The summed E-state index contributed by atoms with van der Waals surface area (Å²) in [6.45, 7) is 4.85. The molecule has 3 aliphatic heterocycles. The van der Waals surface area contributed by atoms with Gasteiger partial charge in [0.25, 0.3) is 5.91 Å². The number of nitrogens with zero attached hydrogens (tertiary/aromatic N) is 6. The van der Waals surface area contributed by atoms with Crippen molar-refractivity contribution in [3.8, 4) is 11.8 Å². The van der Waals surface area contributed by atoms with E-state index in [0.717, 1.165) is 41.9 Å². The van der Waals surface area contributed by atoms with Gasteiger partial charge in [-0.1, -0.05) is 0 Å². The second-order valence-electron chi connectivity index (χ2n) is 8.16. The number of pyridine rings is 1. The topological polar surface area (TPSA) is 102 Å². The number of hydrogen-bond donors (Lipinski definition) is 0. The van der Waals surface area contributed by atoms with Gasteiger partial charge in [-0.2, -0.15) is 0 Å². The van der Waals surface area contributed by atoms with Gasteiger partial charge in [0.2, 0.25) is 11.8 Å². The molecule has 10 nitrogen and oxygen atoms in total. The van der Waals surface area contributed by atoms with Gasteiger partial charge in [-0.05, 0) is 13.0 Å². The number of aryl methyl sites for hydroxylation is 1. The van der Waals surface area contributed by atoms with Gasteiger partial charge in [-0.3, -0.25) is 9.79 Å². The molecule has 0 N–H and O–H groups in total. The van der Waals surface area contributed by atoms with Crippen molar-refractivity contribution < 1.29 is 19.0 Å². The summed E-state index contributed by atoms with van der Waals surface area (Å²) >= 11 is 0. The second kappa shape index (κ2) is 8.70. The van der Waals surface area contributed by atoms with E-state index < -0.39 is 6.10 Å². The van der Waals surface area contributed by atoms with Crippen LogP contribution in [0, 0.1) is 6.92 Å². The summed E-state index contributed by atoms with van der Waals surface area (Å²) < 4.78 is 16.9. The van der Waals surface area contributed by atoms with Gasteiger partial charge < -0.3 is 24.0 Å². The predicted molar refractivity (Wildman–Crippen MR) is 116 cm³/mol. The minimum absolute atomic E-state index is 0.0596. The maximum absolute atomic E-state index is 12.6. The zero-order chi connectivity index (χ0) is 22.1. The number of ether oxygens (including phenoxy) is 3. The molecule has 2 aromatic rings. The summed E-state index contributed by atoms with van der Waals surface area (Å²) in [5, 5.41) is 0. The van der Waals surface area contributed by atoms with E-state index in [1.807, 2.05) is 13.1 Å². The lowest BCUT2D eigenvalue weighted by Crippen LogP contribution is -2.39. The van der Waals surface area contributed by atoms with Crippen molar-refractivity contribution in [3.05, 3.63) is 35.4 Å². The third kappa shape index (κ3) is 3.97. The summed E-state index contributed by atoms with van der Waals surface area (Å²) in [4.78, 5) is 33.9. The molecule has 168 valence electrons. The van der Waals surface area contributed by atoms with Gasteiger partial charge in [0.05, 0.1) is 43.3 Å². The molecule has 0 aliphatic carbocycles. The molecule has 2 aromatic heterocycles. The van der Waals surface area contributed by atoms with E-state index in [1.54, 1.807) is 24.6 Å². The molecular formula is C22H26N6O4. The van der Waals surface area contributed by atoms with Crippen LogP contribution in [0.3, 0.4) is 0 Å². The van der Waals surface area contributed by atoms with Crippen LogP contribution in [0.2, 0.25) is 0 Å². The Morgan fingerprint density at radius 1 is 1.22 bits per heavy atom. The fourth-order valence-corrected chi connectivity index (χ4v) is 4.37. The first-order valence-electron chi connectivity index (χ1n) is 10.8. The summed E-state index contributed by atoms with van der Waals surface area (Å²) in [6, 6.07) is 2.08. The quantitative estimate of drug-likeness (QED) is 0.685. The van der Waals surface area contributed by atoms with Crippen LogP contribution >= 0.6 is 0 Å². The molecule has 1 saturated heterocycles. The average molecular weight is 438 g/mol. The van der Waals surface area contributed by atoms with Crippen molar-refractivity contribution in [3.63, 3.8) is 0 Å². The lowest BCUT2D eigenvalue weighted by Gasteiger charge is -2.31. The number of aromatic nitrogens is 3. The Hall–Kier alpha value is -3.27. The Morgan fingerprint density at radius 2 is 2.12 bits per heavy atom. The molecule has 2 unspecified atom stereocenters. The SMILES string of the molecule is COc1ncc(N2CCc3ncnc(OC4CCN(C(=O)C5C=NCO5)C4)c3C2)cc1C. The molecule has 5 rings (SSSR count). The van der Waals surface area contributed by atoms with Crippen LogP contribution < -0.4 is 14.4 Å². The Balaban J connectivity index is 1.29. The van der Waals surface area contributed by atoms with Gasteiger partial charge in [-0.15, -0.1) is 0 Å². The Bertz CT molecular complexity index is 1050. The van der Waals surface area contributed by atoms with E-state index in [9.17, 15) is 4.79 Å². The molecule has 10 heteroatoms. The molecule has 2 atom stereocenters. The number of amides is 1. The van der Waals surface area contributed by atoms with Crippen LogP contribution in [0.5, 0.6) is 11.8 Å². The molecule has 5 heterocycles. The highest BCUT2D eigenvalue weighted by molar-refractivity contribution is 5.97. The van der Waals surface area contributed by atoms with Gasteiger partial charge in [0, 0.05) is 37.7 Å². The minimum atomic E-state index is -0.573. The fraction of sp³-hybridized carbons (Fsp3) is 0.500. The van der Waals surface area contributed by atoms with E-state index in [0.29, 0.717) is 31.4 Å².